The van der Waals surface area contributed by atoms with Crippen molar-refractivity contribution in [1.82, 2.24) is 5.32 Å². The van der Waals surface area contributed by atoms with Gasteiger partial charge in [0.25, 0.3) is 11.6 Å². The van der Waals surface area contributed by atoms with E-state index in [0.717, 1.165) is 12.1 Å². The van der Waals surface area contributed by atoms with Gasteiger partial charge in [0.05, 0.1) is 11.5 Å². The number of carboxylic acid groups (broad SMARTS) is 1. The molecule has 0 fully saturated rings. The van der Waals surface area contributed by atoms with Gasteiger partial charge in [-0.15, -0.1) is 0 Å². The van der Waals surface area contributed by atoms with Crippen LogP contribution >= 0.6 is 0 Å². The molecule has 0 spiro atoms. The summed E-state index contributed by atoms with van der Waals surface area (Å²) in [5.41, 5.74) is -0.318. The number of carboxylic acids is 1. The number of benzene rings is 1. The predicted octanol–water partition coefficient (Wildman–Crippen LogP) is 1.29. The number of amides is 1. The Bertz CT molecular complexity index is 670. The van der Waals surface area contributed by atoms with E-state index in [1.165, 1.54) is 24.3 Å². The molecule has 0 saturated carbocycles. The molecule has 9 heteroatoms. The molecule has 0 aromatic heterocycles. The van der Waals surface area contributed by atoms with Crippen LogP contribution in [0.25, 0.3) is 0 Å². The highest BCUT2D eigenvalue weighted by Gasteiger charge is 2.20. The smallest absolute Gasteiger partial charge is 0.330 e. The molecule has 0 saturated heterocycles. The van der Waals surface area contributed by atoms with E-state index in [0.29, 0.717) is 0 Å². The van der Waals surface area contributed by atoms with Crippen LogP contribution < -0.4 is 5.32 Å². The van der Waals surface area contributed by atoms with E-state index in [-0.39, 0.29) is 24.3 Å². The van der Waals surface area contributed by atoms with Crippen molar-refractivity contribution in [2.75, 3.05) is 6.61 Å². The molecule has 0 bridgehead atoms. The number of nitro benzene ring substituents is 1. The van der Waals surface area contributed by atoms with Gasteiger partial charge < -0.3 is 15.2 Å². The zero-order valence-corrected chi connectivity index (χ0v) is 12.8. The van der Waals surface area contributed by atoms with Crippen LogP contribution in [0.4, 0.5) is 5.69 Å². The van der Waals surface area contributed by atoms with Gasteiger partial charge in [0.2, 0.25) is 0 Å². The minimum atomic E-state index is -1.30. The molecular weight excluding hydrogens is 320 g/mol. The third-order valence-electron chi connectivity index (χ3n) is 2.83. The molecular formula is C15H16N2O7. The SMILES string of the molecule is CCOC(=O)/C=C/C[C@@H](NC(=O)c1cccc([N+](=O)[O-])c1)C(=O)O. The first-order valence-corrected chi connectivity index (χ1v) is 6.96. The molecule has 1 amide bonds. The lowest BCUT2D eigenvalue weighted by Crippen LogP contribution is -2.40. The fourth-order valence-corrected chi connectivity index (χ4v) is 1.71. The molecule has 0 aliphatic heterocycles. The highest BCUT2D eigenvalue weighted by atomic mass is 16.6. The molecule has 1 aromatic carbocycles. The second kappa shape index (κ2) is 9.03. The molecule has 9 nitrogen and oxygen atoms in total. The van der Waals surface area contributed by atoms with Crippen LogP contribution in [0.3, 0.4) is 0 Å². The standard InChI is InChI=1S/C15H16N2O7/c1-2-24-13(18)8-4-7-12(15(20)21)16-14(19)10-5-3-6-11(9-10)17(22)23/h3-6,8-9,12H,2,7H2,1H3,(H,16,19)(H,20,21)/b8-4+/t12-/m1/s1. The largest absolute Gasteiger partial charge is 0.480 e. The Morgan fingerprint density at radius 3 is 2.71 bits per heavy atom. The van der Waals surface area contributed by atoms with Crippen molar-refractivity contribution >= 4 is 23.5 Å². The molecule has 0 radical (unpaired) electrons. The lowest BCUT2D eigenvalue weighted by Gasteiger charge is -2.12. The van der Waals surface area contributed by atoms with E-state index in [9.17, 15) is 24.5 Å². The number of carbonyl (C=O) groups excluding carboxylic acids is 2. The third kappa shape index (κ3) is 5.87. The number of hydrogen-bond acceptors (Lipinski definition) is 6. The van der Waals surface area contributed by atoms with Crippen molar-refractivity contribution in [3.8, 4) is 0 Å². The quantitative estimate of drug-likeness (QED) is 0.316. The Morgan fingerprint density at radius 2 is 2.12 bits per heavy atom. The van der Waals surface area contributed by atoms with Crippen molar-refractivity contribution in [2.24, 2.45) is 0 Å². The number of esters is 1. The van der Waals surface area contributed by atoms with Gasteiger partial charge in [0.15, 0.2) is 0 Å². The molecule has 0 aliphatic rings. The van der Waals surface area contributed by atoms with Crippen LogP contribution in [0.1, 0.15) is 23.7 Å². The normalized spacial score (nSPS) is 11.7. The van der Waals surface area contributed by atoms with Crippen molar-refractivity contribution in [2.45, 2.75) is 19.4 Å². The Hall–Kier alpha value is -3.23. The van der Waals surface area contributed by atoms with Gasteiger partial charge in [-0.2, -0.15) is 0 Å². The van der Waals surface area contributed by atoms with Crippen molar-refractivity contribution < 1.29 is 29.2 Å². The first kappa shape index (κ1) is 18.8. The molecule has 1 aromatic rings. The summed E-state index contributed by atoms with van der Waals surface area (Å²) < 4.78 is 4.65. The molecule has 128 valence electrons. The topological polar surface area (TPSA) is 136 Å². The van der Waals surface area contributed by atoms with Crippen molar-refractivity contribution in [3.05, 3.63) is 52.1 Å². The fourth-order valence-electron chi connectivity index (χ4n) is 1.71. The number of non-ortho nitro benzene ring substituents is 1. The number of hydrogen-bond donors (Lipinski definition) is 2. The van der Waals surface area contributed by atoms with E-state index >= 15 is 0 Å². The number of ether oxygens (including phenoxy) is 1. The second-order valence-corrected chi connectivity index (χ2v) is 4.56. The van der Waals surface area contributed by atoms with Gasteiger partial charge in [0.1, 0.15) is 6.04 Å². The third-order valence-corrected chi connectivity index (χ3v) is 2.83. The number of nitro groups is 1. The minimum absolute atomic E-state index is 0.0372. The molecule has 2 N–H and O–H groups in total. The summed E-state index contributed by atoms with van der Waals surface area (Å²) in [6.07, 6.45) is 2.19. The molecule has 0 aliphatic carbocycles. The van der Waals surface area contributed by atoms with E-state index in [4.69, 9.17) is 5.11 Å². The lowest BCUT2D eigenvalue weighted by atomic mass is 10.1. The Kier molecular flexibility index (Phi) is 7.08. The Balaban J connectivity index is 2.76. The van der Waals surface area contributed by atoms with E-state index in [1.54, 1.807) is 6.92 Å². The number of nitrogens with one attached hydrogen (secondary N) is 1. The van der Waals surface area contributed by atoms with Crippen molar-refractivity contribution in [1.29, 1.82) is 0 Å². The van der Waals surface area contributed by atoms with E-state index in [1.807, 2.05) is 0 Å². The van der Waals surface area contributed by atoms with E-state index < -0.39 is 28.8 Å². The van der Waals surface area contributed by atoms with Gasteiger partial charge in [0, 0.05) is 23.8 Å². The highest BCUT2D eigenvalue weighted by molar-refractivity contribution is 5.97. The summed E-state index contributed by atoms with van der Waals surface area (Å²) >= 11 is 0. The van der Waals surface area contributed by atoms with Crippen LogP contribution in [0.5, 0.6) is 0 Å². The van der Waals surface area contributed by atoms with Crippen LogP contribution in [0, 0.1) is 10.1 Å². The van der Waals surface area contributed by atoms with Crippen LogP contribution in [-0.2, 0) is 14.3 Å². The minimum Gasteiger partial charge on any atom is -0.480 e. The lowest BCUT2D eigenvalue weighted by molar-refractivity contribution is -0.384. The summed E-state index contributed by atoms with van der Waals surface area (Å²) in [4.78, 5) is 44.4. The first-order chi connectivity index (χ1) is 11.3. The average molecular weight is 336 g/mol. The maximum atomic E-state index is 12.0. The molecule has 1 atom stereocenters. The molecule has 1 rings (SSSR count). The summed E-state index contributed by atoms with van der Waals surface area (Å²) in [6.45, 7) is 1.82. The van der Waals surface area contributed by atoms with Gasteiger partial charge in [-0.25, -0.2) is 9.59 Å². The second-order valence-electron chi connectivity index (χ2n) is 4.56. The Morgan fingerprint density at radius 1 is 1.42 bits per heavy atom. The summed E-state index contributed by atoms with van der Waals surface area (Å²) in [5.74, 6) is -2.69. The predicted molar refractivity (Wildman–Crippen MR) is 82.4 cm³/mol. The molecule has 24 heavy (non-hydrogen) atoms. The zero-order chi connectivity index (χ0) is 18.1. The van der Waals surface area contributed by atoms with Gasteiger partial charge in [-0.3, -0.25) is 14.9 Å². The highest BCUT2D eigenvalue weighted by Crippen LogP contribution is 2.13. The van der Waals surface area contributed by atoms with Crippen molar-refractivity contribution in [3.63, 3.8) is 0 Å². The number of rotatable bonds is 8. The summed E-state index contributed by atoms with van der Waals surface area (Å²) in [7, 11) is 0. The van der Waals surface area contributed by atoms with Crippen LogP contribution in [0.2, 0.25) is 0 Å². The maximum absolute atomic E-state index is 12.0. The van der Waals surface area contributed by atoms with Gasteiger partial charge >= 0.3 is 11.9 Å². The average Bonchev–Trinajstić information content (AvgIpc) is 2.54. The maximum Gasteiger partial charge on any atom is 0.330 e. The Labute approximate surface area is 137 Å². The van der Waals surface area contributed by atoms with Crippen LogP contribution in [-0.4, -0.2) is 40.5 Å². The molecule has 0 heterocycles. The summed E-state index contributed by atoms with van der Waals surface area (Å²) in [5, 5.41) is 22.0. The molecule has 0 unspecified atom stereocenters. The number of carbonyl (C=O) groups is 3. The first-order valence-electron chi connectivity index (χ1n) is 6.96. The van der Waals surface area contributed by atoms with Gasteiger partial charge in [-0.1, -0.05) is 12.1 Å². The fraction of sp³-hybridized carbons (Fsp3) is 0.267. The van der Waals surface area contributed by atoms with E-state index in [2.05, 4.69) is 10.1 Å². The van der Waals surface area contributed by atoms with Crippen LogP contribution in [0.15, 0.2) is 36.4 Å². The number of aliphatic carboxylic acids is 1. The van der Waals surface area contributed by atoms with Gasteiger partial charge in [-0.05, 0) is 19.4 Å². The summed E-state index contributed by atoms with van der Waals surface area (Å²) in [6, 6.07) is 3.62. The monoisotopic (exact) mass is 336 g/mol. The zero-order valence-electron chi connectivity index (χ0n) is 12.8. The number of nitrogens with zero attached hydrogens (tertiary/aromatic N) is 1.